The van der Waals surface area contributed by atoms with Crippen molar-refractivity contribution in [3.8, 4) is 6.07 Å². The molecule has 0 radical (unpaired) electrons. The highest BCUT2D eigenvalue weighted by Crippen LogP contribution is 2.32. The molecule has 0 aromatic heterocycles. The summed E-state index contributed by atoms with van der Waals surface area (Å²) in [7, 11) is 0. The Morgan fingerprint density at radius 1 is 1.24 bits per heavy atom. The zero-order chi connectivity index (χ0) is 18.0. The second-order valence-electron chi connectivity index (χ2n) is 6.13. The lowest BCUT2D eigenvalue weighted by Gasteiger charge is -2.25. The van der Waals surface area contributed by atoms with Crippen molar-refractivity contribution in [2.45, 2.75) is 32.4 Å². The minimum Gasteiger partial charge on any atom is -0.449 e. The van der Waals surface area contributed by atoms with E-state index in [4.69, 9.17) is 10.00 Å². The van der Waals surface area contributed by atoms with Crippen molar-refractivity contribution in [1.82, 2.24) is 0 Å². The first-order chi connectivity index (χ1) is 12.0. The van der Waals surface area contributed by atoms with Gasteiger partial charge in [0.05, 0.1) is 17.2 Å². The Kier molecular flexibility index (Phi) is 4.53. The highest BCUT2D eigenvalue weighted by atomic mass is 16.5. The van der Waals surface area contributed by atoms with Crippen LogP contribution in [0.3, 0.4) is 0 Å². The minimum atomic E-state index is -0.910. The van der Waals surface area contributed by atoms with E-state index in [0.717, 1.165) is 17.7 Å². The number of rotatable bonds is 3. The predicted octanol–water partition coefficient (Wildman–Crippen LogP) is 3.08. The van der Waals surface area contributed by atoms with Crippen LogP contribution < -0.4 is 4.90 Å². The molecule has 5 heteroatoms. The molecule has 0 aliphatic carbocycles. The van der Waals surface area contributed by atoms with Gasteiger partial charge < -0.3 is 9.64 Å². The normalized spacial score (nSPS) is 16.7. The number of amides is 1. The molecule has 1 aliphatic rings. The number of nitrogens with zero attached hydrogens (tertiary/aromatic N) is 2. The SMILES string of the molecule is C[C@H](OC(=O)c1cccc(C#N)c1)C(=O)N1c2ccccc2C[C@@H]1C. The lowest BCUT2D eigenvalue weighted by molar-refractivity contribution is -0.126. The largest absolute Gasteiger partial charge is 0.449 e. The van der Waals surface area contributed by atoms with E-state index in [-0.39, 0.29) is 17.5 Å². The maximum atomic E-state index is 12.8. The van der Waals surface area contributed by atoms with Crippen LogP contribution in [0.25, 0.3) is 0 Å². The number of carbonyl (C=O) groups excluding carboxylic acids is 2. The molecule has 1 amide bonds. The van der Waals surface area contributed by atoms with Gasteiger partial charge in [0.2, 0.25) is 0 Å². The van der Waals surface area contributed by atoms with E-state index in [0.29, 0.717) is 5.56 Å². The van der Waals surface area contributed by atoms with Crippen molar-refractivity contribution in [1.29, 1.82) is 5.26 Å². The molecule has 2 atom stereocenters. The number of carbonyl (C=O) groups is 2. The van der Waals surface area contributed by atoms with Crippen molar-refractivity contribution < 1.29 is 14.3 Å². The fourth-order valence-electron chi connectivity index (χ4n) is 3.09. The van der Waals surface area contributed by atoms with E-state index in [9.17, 15) is 9.59 Å². The number of para-hydroxylation sites is 1. The summed E-state index contributed by atoms with van der Waals surface area (Å²) in [6, 6.07) is 16.0. The molecule has 0 bridgehead atoms. The van der Waals surface area contributed by atoms with Crippen molar-refractivity contribution in [3.05, 3.63) is 65.2 Å². The smallest absolute Gasteiger partial charge is 0.338 e. The van der Waals surface area contributed by atoms with E-state index >= 15 is 0 Å². The molecule has 0 fully saturated rings. The Morgan fingerprint density at radius 2 is 2.00 bits per heavy atom. The van der Waals surface area contributed by atoms with Crippen LogP contribution in [0.2, 0.25) is 0 Å². The van der Waals surface area contributed by atoms with Gasteiger partial charge in [-0.15, -0.1) is 0 Å². The zero-order valence-corrected chi connectivity index (χ0v) is 14.1. The van der Waals surface area contributed by atoms with Gasteiger partial charge in [-0.2, -0.15) is 5.26 Å². The second kappa shape index (κ2) is 6.78. The van der Waals surface area contributed by atoms with Crippen LogP contribution in [0.4, 0.5) is 5.69 Å². The van der Waals surface area contributed by atoms with E-state index < -0.39 is 12.1 Å². The number of hydrogen-bond donors (Lipinski definition) is 0. The molecule has 1 heterocycles. The Balaban J connectivity index is 1.75. The van der Waals surface area contributed by atoms with E-state index in [1.54, 1.807) is 30.0 Å². The Labute approximate surface area is 146 Å². The van der Waals surface area contributed by atoms with Crippen molar-refractivity contribution >= 4 is 17.6 Å². The average molecular weight is 334 g/mol. The molecule has 5 nitrogen and oxygen atoms in total. The number of benzene rings is 2. The summed E-state index contributed by atoms with van der Waals surface area (Å²) < 4.78 is 5.33. The molecule has 3 rings (SSSR count). The van der Waals surface area contributed by atoms with Gasteiger partial charge in [-0.05, 0) is 50.1 Å². The molecule has 0 unspecified atom stereocenters. The molecule has 0 N–H and O–H groups in total. The van der Waals surface area contributed by atoms with Crippen molar-refractivity contribution in [2.75, 3.05) is 4.90 Å². The molecular weight excluding hydrogens is 316 g/mol. The lowest BCUT2D eigenvalue weighted by atomic mass is 10.1. The van der Waals surface area contributed by atoms with Crippen LogP contribution in [0.15, 0.2) is 48.5 Å². The monoisotopic (exact) mass is 334 g/mol. The van der Waals surface area contributed by atoms with Crippen LogP contribution in [-0.2, 0) is 16.0 Å². The summed E-state index contributed by atoms with van der Waals surface area (Å²) in [5.41, 5.74) is 2.61. The topological polar surface area (TPSA) is 70.4 Å². The summed E-state index contributed by atoms with van der Waals surface area (Å²) >= 11 is 0. The first kappa shape index (κ1) is 16.7. The van der Waals surface area contributed by atoms with Crippen LogP contribution in [0.1, 0.15) is 35.3 Å². The molecule has 126 valence electrons. The third kappa shape index (κ3) is 3.24. The molecule has 1 aliphatic heterocycles. The average Bonchev–Trinajstić information content (AvgIpc) is 2.96. The fraction of sp³-hybridized carbons (Fsp3) is 0.250. The molecular formula is C20H18N2O3. The number of esters is 1. The lowest BCUT2D eigenvalue weighted by Crippen LogP contribution is -2.43. The van der Waals surface area contributed by atoms with E-state index in [2.05, 4.69) is 0 Å². The first-order valence-electron chi connectivity index (χ1n) is 8.13. The Hall–Kier alpha value is -3.13. The highest BCUT2D eigenvalue weighted by molar-refractivity contribution is 6.01. The summed E-state index contributed by atoms with van der Waals surface area (Å²) in [5, 5.41) is 8.92. The standard InChI is InChI=1S/C20H18N2O3/c1-13-10-16-7-3-4-9-18(16)22(13)19(23)14(2)25-20(24)17-8-5-6-15(11-17)12-21/h3-9,11,13-14H,10H2,1-2H3/t13-,14-/m0/s1. The van der Waals surface area contributed by atoms with Crippen LogP contribution in [0, 0.1) is 11.3 Å². The van der Waals surface area contributed by atoms with Crippen molar-refractivity contribution in [3.63, 3.8) is 0 Å². The quantitative estimate of drug-likeness (QED) is 0.809. The van der Waals surface area contributed by atoms with Gasteiger partial charge in [-0.3, -0.25) is 4.79 Å². The predicted molar refractivity (Wildman–Crippen MR) is 93.1 cm³/mol. The molecule has 25 heavy (non-hydrogen) atoms. The fourth-order valence-corrected chi connectivity index (χ4v) is 3.09. The number of ether oxygens (including phenoxy) is 1. The van der Waals surface area contributed by atoms with Gasteiger partial charge >= 0.3 is 5.97 Å². The van der Waals surface area contributed by atoms with Crippen molar-refractivity contribution in [2.24, 2.45) is 0 Å². The molecule has 2 aromatic carbocycles. The molecule has 0 saturated carbocycles. The third-order valence-electron chi connectivity index (χ3n) is 4.30. The minimum absolute atomic E-state index is 0.0213. The van der Waals surface area contributed by atoms with E-state index in [1.165, 1.54) is 6.07 Å². The molecule has 0 saturated heterocycles. The van der Waals surface area contributed by atoms with Crippen LogP contribution in [0.5, 0.6) is 0 Å². The summed E-state index contributed by atoms with van der Waals surface area (Å²) in [5.74, 6) is -0.861. The third-order valence-corrected chi connectivity index (χ3v) is 4.30. The molecule has 2 aromatic rings. The maximum Gasteiger partial charge on any atom is 0.338 e. The van der Waals surface area contributed by atoms with E-state index in [1.807, 2.05) is 37.3 Å². The Morgan fingerprint density at radius 3 is 2.76 bits per heavy atom. The van der Waals surface area contributed by atoms with Crippen LogP contribution >= 0.6 is 0 Å². The second-order valence-corrected chi connectivity index (χ2v) is 6.13. The van der Waals surface area contributed by atoms with Gasteiger partial charge in [-0.25, -0.2) is 4.79 Å². The first-order valence-corrected chi connectivity index (χ1v) is 8.13. The summed E-state index contributed by atoms with van der Waals surface area (Å²) in [4.78, 5) is 26.8. The highest BCUT2D eigenvalue weighted by Gasteiger charge is 2.34. The Bertz CT molecular complexity index is 869. The van der Waals surface area contributed by atoms with Gasteiger partial charge in [0.25, 0.3) is 5.91 Å². The van der Waals surface area contributed by atoms with Gasteiger partial charge in [0.15, 0.2) is 6.10 Å². The zero-order valence-electron chi connectivity index (χ0n) is 14.1. The maximum absolute atomic E-state index is 12.8. The number of anilines is 1. The number of hydrogen-bond acceptors (Lipinski definition) is 4. The number of nitriles is 1. The molecule has 0 spiro atoms. The van der Waals surface area contributed by atoms with Gasteiger partial charge in [-0.1, -0.05) is 24.3 Å². The van der Waals surface area contributed by atoms with Gasteiger partial charge in [0, 0.05) is 11.7 Å². The summed E-state index contributed by atoms with van der Waals surface area (Å²) in [6.45, 7) is 3.55. The summed E-state index contributed by atoms with van der Waals surface area (Å²) in [6.07, 6.45) is -0.126. The van der Waals surface area contributed by atoms with Gasteiger partial charge in [0.1, 0.15) is 0 Å². The van der Waals surface area contributed by atoms with Crippen LogP contribution in [-0.4, -0.2) is 24.0 Å². The number of fused-ring (bicyclic) bond motifs is 1.